The summed E-state index contributed by atoms with van der Waals surface area (Å²) < 4.78 is 39.4. The van der Waals surface area contributed by atoms with Crippen LogP contribution in [0.2, 0.25) is 0 Å². The third kappa shape index (κ3) is 3.13. The molecule has 3 rings (SSSR count). The Bertz CT molecular complexity index is 1050. The first-order valence-electron chi connectivity index (χ1n) is 8.17. The van der Waals surface area contributed by atoms with Crippen LogP contribution in [0.4, 0.5) is 24.5 Å². The number of nitrogens with zero attached hydrogens (tertiary/aromatic N) is 4. The van der Waals surface area contributed by atoms with E-state index in [0.29, 0.717) is 16.5 Å². The van der Waals surface area contributed by atoms with Crippen LogP contribution in [0.15, 0.2) is 58.8 Å². The van der Waals surface area contributed by atoms with Gasteiger partial charge in [-0.3, -0.25) is 9.59 Å². The summed E-state index contributed by atoms with van der Waals surface area (Å²) >= 11 is 0. The van der Waals surface area contributed by atoms with Crippen molar-refractivity contribution in [2.45, 2.75) is 12.7 Å². The molecule has 1 aromatic heterocycles. The number of carbonyl (C=O) groups excluding carboxylic acids is 1. The van der Waals surface area contributed by atoms with Gasteiger partial charge in [-0.2, -0.15) is 18.4 Å². The topological polar surface area (TPSA) is 69.3 Å². The number of halogens is 3. The molecule has 2 heterocycles. The van der Waals surface area contributed by atoms with E-state index in [1.165, 1.54) is 0 Å². The first-order chi connectivity index (χ1) is 13.2. The van der Waals surface area contributed by atoms with Gasteiger partial charge in [-0.25, -0.2) is 0 Å². The first-order valence-corrected chi connectivity index (χ1v) is 8.17. The molecular formula is C19H15F3N4O2. The molecule has 0 amide bonds. The minimum absolute atomic E-state index is 0.245. The van der Waals surface area contributed by atoms with Gasteiger partial charge in [-0.05, 0) is 24.3 Å². The van der Waals surface area contributed by atoms with Gasteiger partial charge >= 0.3 is 6.18 Å². The van der Waals surface area contributed by atoms with Gasteiger partial charge in [0.05, 0.1) is 17.9 Å². The van der Waals surface area contributed by atoms with Crippen LogP contribution in [0.1, 0.15) is 5.56 Å². The molecule has 1 aliphatic heterocycles. The summed E-state index contributed by atoms with van der Waals surface area (Å²) in [6.45, 7) is -0.673. The molecule has 0 unspecified atom stereocenters. The minimum atomic E-state index is -4.83. The van der Waals surface area contributed by atoms with E-state index >= 15 is 0 Å². The molecule has 9 heteroatoms. The van der Waals surface area contributed by atoms with E-state index in [9.17, 15) is 28.0 Å². The van der Waals surface area contributed by atoms with Gasteiger partial charge in [0.1, 0.15) is 23.0 Å². The number of anilines is 2. The lowest BCUT2D eigenvalue weighted by atomic mass is 10.1. The summed E-state index contributed by atoms with van der Waals surface area (Å²) in [5.74, 6) is -0.459. The zero-order valence-electron chi connectivity index (χ0n) is 15.0. The van der Waals surface area contributed by atoms with Crippen molar-refractivity contribution in [2.24, 2.45) is 0 Å². The Morgan fingerprint density at radius 1 is 1.07 bits per heavy atom. The molecule has 0 atom stereocenters. The fraction of sp³-hybridized carbons (Fsp3) is 0.211. The zero-order valence-corrected chi connectivity index (χ0v) is 15.0. The van der Waals surface area contributed by atoms with E-state index in [1.54, 1.807) is 23.9 Å². The number of fused-ring (bicyclic) bond motifs is 1. The van der Waals surface area contributed by atoms with Crippen LogP contribution < -0.4 is 15.4 Å². The molecule has 144 valence electrons. The molecule has 1 aromatic carbocycles. The number of alkyl halides is 3. The Hall–Kier alpha value is -3.54. The lowest BCUT2D eigenvalue weighted by molar-refractivity contribution is -0.139. The standard InChI is InChI=1S/C19H15F3N4O2/c1-24-14-7-3-4-8-15(14)25(2)17(24)12(10-23)16(27)11-26-9-5-6-13(18(26)28)19(20,21)22/h3-9H,11H2,1-2H3. The van der Waals surface area contributed by atoms with Gasteiger partial charge < -0.3 is 14.4 Å². The molecule has 0 saturated carbocycles. The number of pyridine rings is 1. The van der Waals surface area contributed by atoms with Crippen molar-refractivity contribution in [1.29, 1.82) is 5.26 Å². The van der Waals surface area contributed by atoms with Gasteiger partial charge in [0.25, 0.3) is 5.56 Å². The molecule has 0 radical (unpaired) electrons. The van der Waals surface area contributed by atoms with Crippen LogP contribution in [0, 0.1) is 11.3 Å². The van der Waals surface area contributed by atoms with Gasteiger partial charge in [0, 0.05) is 20.3 Å². The summed E-state index contributed by atoms with van der Waals surface area (Å²) in [5, 5.41) is 9.55. The van der Waals surface area contributed by atoms with Crippen molar-refractivity contribution in [3.63, 3.8) is 0 Å². The van der Waals surface area contributed by atoms with Crippen LogP contribution in [-0.4, -0.2) is 24.4 Å². The molecule has 0 aliphatic carbocycles. The molecule has 0 N–H and O–H groups in total. The number of hydrogen-bond donors (Lipinski definition) is 0. The molecule has 1 aliphatic rings. The fourth-order valence-corrected chi connectivity index (χ4v) is 3.17. The average molecular weight is 388 g/mol. The van der Waals surface area contributed by atoms with Crippen molar-refractivity contribution < 1.29 is 18.0 Å². The second-order valence-corrected chi connectivity index (χ2v) is 6.19. The van der Waals surface area contributed by atoms with E-state index in [-0.39, 0.29) is 5.57 Å². The first kappa shape index (κ1) is 19.2. The monoisotopic (exact) mass is 388 g/mol. The highest BCUT2D eigenvalue weighted by atomic mass is 19.4. The van der Waals surface area contributed by atoms with Gasteiger partial charge in [-0.1, -0.05) is 12.1 Å². The Morgan fingerprint density at radius 3 is 2.14 bits per heavy atom. The second-order valence-electron chi connectivity index (χ2n) is 6.19. The van der Waals surface area contributed by atoms with E-state index in [0.717, 1.165) is 23.6 Å². The Morgan fingerprint density at radius 2 is 1.64 bits per heavy atom. The predicted molar refractivity (Wildman–Crippen MR) is 96.6 cm³/mol. The lowest BCUT2D eigenvalue weighted by Gasteiger charge is -2.20. The molecule has 0 bridgehead atoms. The number of aromatic nitrogens is 1. The number of benzene rings is 1. The molecule has 6 nitrogen and oxygen atoms in total. The SMILES string of the molecule is CN1C(=C(C#N)C(=O)Cn2cccc(C(F)(F)F)c2=O)N(C)c2ccccc21. The number of para-hydroxylation sites is 2. The van der Waals surface area contributed by atoms with Crippen molar-refractivity contribution in [3.8, 4) is 6.07 Å². The number of allylic oxidation sites excluding steroid dienone is 1. The van der Waals surface area contributed by atoms with E-state index in [1.807, 2.05) is 30.3 Å². The smallest absolute Gasteiger partial charge is 0.328 e. The molecule has 28 heavy (non-hydrogen) atoms. The maximum absolute atomic E-state index is 12.9. The van der Waals surface area contributed by atoms with Gasteiger partial charge in [0.2, 0.25) is 0 Å². The number of nitriles is 1. The van der Waals surface area contributed by atoms with Gasteiger partial charge in [0.15, 0.2) is 5.78 Å². The Kier molecular flexibility index (Phi) is 4.73. The highest BCUT2D eigenvalue weighted by Crippen LogP contribution is 2.40. The van der Waals surface area contributed by atoms with E-state index < -0.39 is 29.6 Å². The van der Waals surface area contributed by atoms with Gasteiger partial charge in [-0.15, -0.1) is 0 Å². The summed E-state index contributed by atoms with van der Waals surface area (Å²) in [4.78, 5) is 28.1. The summed E-state index contributed by atoms with van der Waals surface area (Å²) in [6, 6.07) is 10.8. The molecule has 0 spiro atoms. The van der Waals surface area contributed by atoms with Crippen molar-refractivity contribution in [1.82, 2.24) is 4.57 Å². The van der Waals surface area contributed by atoms with Crippen LogP contribution in [0.5, 0.6) is 0 Å². The number of Topliss-reactive ketones (excluding diaryl/α,β-unsaturated/α-hetero) is 1. The number of rotatable bonds is 3. The summed E-state index contributed by atoms with van der Waals surface area (Å²) in [5.41, 5.74) is -1.39. The molecule has 0 saturated heterocycles. The summed E-state index contributed by atoms with van der Waals surface area (Å²) in [7, 11) is 3.36. The largest absolute Gasteiger partial charge is 0.421 e. The zero-order chi connectivity index (χ0) is 20.6. The number of carbonyl (C=O) groups is 1. The van der Waals surface area contributed by atoms with E-state index in [2.05, 4.69) is 0 Å². The lowest BCUT2D eigenvalue weighted by Crippen LogP contribution is -2.32. The van der Waals surface area contributed by atoms with Crippen molar-refractivity contribution in [3.05, 3.63) is 69.9 Å². The molecule has 2 aromatic rings. The second kappa shape index (κ2) is 6.88. The number of hydrogen-bond acceptors (Lipinski definition) is 5. The molecule has 0 fully saturated rings. The van der Waals surface area contributed by atoms with Crippen LogP contribution in [-0.2, 0) is 17.5 Å². The van der Waals surface area contributed by atoms with Crippen LogP contribution in [0.3, 0.4) is 0 Å². The average Bonchev–Trinajstić information content (AvgIpc) is 2.89. The van der Waals surface area contributed by atoms with Crippen molar-refractivity contribution >= 4 is 17.2 Å². The molecular weight excluding hydrogens is 373 g/mol. The van der Waals surface area contributed by atoms with Crippen LogP contribution in [0.25, 0.3) is 0 Å². The fourth-order valence-electron chi connectivity index (χ4n) is 3.17. The maximum Gasteiger partial charge on any atom is 0.421 e. The third-order valence-electron chi connectivity index (χ3n) is 4.49. The van der Waals surface area contributed by atoms with E-state index in [4.69, 9.17) is 0 Å². The summed E-state index contributed by atoms with van der Waals surface area (Å²) in [6.07, 6.45) is -3.74. The Labute approximate surface area is 158 Å². The highest BCUT2D eigenvalue weighted by molar-refractivity contribution is 6.02. The quantitative estimate of drug-likeness (QED) is 0.597. The van der Waals surface area contributed by atoms with Crippen molar-refractivity contribution in [2.75, 3.05) is 23.9 Å². The number of ketones is 1. The minimum Gasteiger partial charge on any atom is -0.328 e. The maximum atomic E-state index is 12.9. The van der Waals surface area contributed by atoms with Crippen LogP contribution >= 0.6 is 0 Å². The Balaban J connectivity index is 2.01. The predicted octanol–water partition coefficient (Wildman–Crippen LogP) is 2.76. The highest BCUT2D eigenvalue weighted by Gasteiger charge is 2.35. The third-order valence-corrected chi connectivity index (χ3v) is 4.49. The normalized spacial score (nSPS) is 13.4.